The molecule has 5 heteroatoms. The Morgan fingerprint density at radius 3 is 0.400 bits per heavy atom. The average molecular weight is 270 g/mol. The van der Waals surface area contributed by atoms with E-state index in [1.54, 1.807) is 0 Å². The molecule has 0 saturated heterocycles. The van der Waals surface area contributed by atoms with Crippen molar-refractivity contribution in [2.24, 2.45) is 0 Å². The minimum Gasteiger partial charge on any atom is -3.00 e. The van der Waals surface area contributed by atoms with Crippen LogP contribution in [0.5, 0.6) is 0 Å². The molecule has 0 aromatic heterocycles. The molecular formula is As2Ca3. The van der Waals surface area contributed by atoms with Gasteiger partial charge in [0.05, 0.1) is 0 Å². The van der Waals surface area contributed by atoms with E-state index < -0.39 is 0 Å². The van der Waals surface area contributed by atoms with Crippen LogP contribution in [0.25, 0.3) is 0 Å². The summed E-state index contributed by atoms with van der Waals surface area (Å²) in [4.78, 5) is 0. The molecule has 16 valence electrons. The molecule has 0 heterocycles. The summed E-state index contributed by atoms with van der Waals surface area (Å²) < 4.78 is 0. The minimum atomic E-state index is 0. The Kier molecular flexibility index (Phi) is 151. The molecule has 0 aliphatic heterocycles. The van der Waals surface area contributed by atoms with Crippen molar-refractivity contribution in [3.63, 3.8) is 0 Å². The number of hydrogen-bond donors (Lipinski definition) is 0. The van der Waals surface area contributed by atoms with Crippen molar-refractivity contribution in [2.75, 3.05) is 0 Å². The van der Waals surface area contributed by atoms with Crippen molar-refractivity contribution < 1.29 is 0 Å². The molecule has 0 aromatic rings. The summed E-state index contributed by atoms with van der Waals surface area (Å²) >= 11 is 0. The Morgan fingerprint density at radius 2 is 0.400 bits per heavy atom. The first kappa shape index (κ1) is 32.7. The van der Waals surface area contributed by atoms with E-state index in [-0.39, 0.29) is 149 Å². The van der Waals surface area contributed by atoms with Gasteiger partial charge in [-0.25, -0.2) is 0 Å². The van der Waals surface area contributed by atoms with Gasteiger partial charge >= 0.3 is 113 Å². The fraction of sp³-hybridized carbons (Fsp3) is 0. The molecule has 0 bridgehead atoms. The van der Waals surface area contributed by atoms with Crippen LogP contribution in [0.2, 0.25) is 0 Å². The van der Waals surface area contributed by atoms with Crippen LogP contribution in [-0.2, 0) is 0 Å². The zero-order valence-corrected chi connectivity index (χ0v) is 13.4. The van der Waals surface area contributed by atoms with Crippen molar-refractivity contribution in [3.05, 3.63) is 0 Å². The van der Waals surface area contributed by atoms with Gasteiger partial charge in [-0.2, -0.15) is 0 Å². The van der Waals surface area contributed by atoms with E-state index in [9.17, 15) is 0 Å². The van der Waals surface area contributed by atoms with E-state index in [0.29, 0.717) is 0 Å². The Hall–Kier alpha value is 4.90. The zero-order valence-electron chi connectivity index (χ0n) is 3.02. The molecule has 0 aliphatic rings. The summed E-state index contributed by atoms with van der Waals surface area (Å²) in [5, 5.41) is 0. The molecular weight excluding hydrogens is 270 g/mol. The SMILES string of the molecule is [As-3].[As-3].[Ca+2].[Ca+2].[Ca+2]. The van der Waals surface area contributed by atoms with Gasteiger partial charge in [0.15, 0.2) is 0 Å². The molecule has 0 spiro atoms. The van der Waals surface area contributed by atoms with Crippen LogP contribution in [0.1, 0.15) is 0 Å². The average Bonchev–Trinajstić information content (AvgIpc) is 0. The van der Waals surface area contributed by atoms with Crippen molar-refractivity contribution in [1.29, 1.82) is 0 Å². The van der Waals surface area contributed by atoms with Gasteiger partial charge in [-0.1, -0.05) is 0 Å². The Morgan fingerprint density at radius 1 is 0.400 bits per heavy atom. The molecule has 0 radical (unpaired) electrons. The van der Waals surface area contributed by atoms with E-state index in [4.69, 9.17) is 0 Å². The van der Waals surface area contributed by atoms with Crippen molar-refractivity contribution in [2.45, 2.75) is 0 Å². The van der Waals surface area contributed by atoms with Gasteiger partial charge in [-0.15, -0.1) is 0 Å². The first-order chi connectivity index (χ1) is 0. The van der Waals surface area contributed by atoms with E-state index >= 15 is 0 Å². The van der Waals surface area contributed by atoms with E-state index in [1.165, 1.54) is 0 Å². The van der Waals surface area contributed by atoms with Gasteiger partial charge in [-0.3, -0.25) is 0 Å². The fourth-order valence-corrected chi connectivity index (χ4v) is 0. The third-order valence-electron chi connectivity index (χ3n) is 0. The maximum atomic E-state index is 0. The van der Waals surface area contributed by atoms with Gasteiger partial charge in [0.25, 0.3) is 0 Å². The molecule has 0 amide bonds. The third-order valence-corrected chi connectivity index (χ3v) is 0. The standard InChI is InChI=1S/2As.3Ca/q2*-3;3*+2. The largest absolute Gasteiger partial charge is 3.00 e. The summed E-state index contributed by atoms with van der Waals surface area (Å²) in [6.07, 6.45) is 0. The topological polar surface area (TPSA) is 0 Å². The predicted octanol–water partition coefficient (Wildman–Crippen LogP) is -1.90. The van der Waals surface area contributed by atoms with E-state index in [0.717, 1.165) is 0 Å². The van der Waals surface area contributed by atoms with Crippen LogP contribution in [0.3, 0.4) is 0 Å². The Balaban J connectivity index is 0. The summed E-state index contributed by atoms with van der Waals surface area (Å²) in [5.74, 6) is 0. The first-order valence-corrected chi connectivity index (χ1v) is 0. The normalized spacial score (nSPS) is 0. The van der Waals surface area contributed by atoms with Gasteiger partial charge in [0.2, 0.25) is 0 Å². The summed E-state index contributed by atoms with van der Waals surface area (Å²) in [5.41, 5.74) is 0. The molecule has 0 unspecified atom stereocenters. The summed E-state index contributed by atoms with van der Waals surface area (Å²) in [6.45, 7) is 0. The molecule has 0 atom stereocenters. The van der Waals surface area contributed by atoms with Crippen molar-refractivity contribution in [3.8, 4) is 0 Å². The molecule has 0 aromatic carbocycles. The summed E-state index contributed by atoms with van der Waals surface area (Å²) in [7, 11) is 0. The van der Waals surface area contributed by atoms with Crippen LogP contribution >= 0.6 is 0 Å². The van der Waals surface area contributed by atoms with Crippen LogP contribution in [0, 0.1) is 0 Å². The van der Waals surface area contributed by atoms with Gasteiger partial charge in [0.1, 0.15) is 0 Å². The molecule has 0 N–H and O–H groups in total. The fourth-order valence-electron chi connectivity index (χ4n) is 0. The van der Waals surface area contributed by atoms with E-state index in [1.807, 2.05) is 0 Å². The van der Waals surface area contributed by atoms with Crippen molar-refractivity contribution in [1.82, 2.24) is 0 Å². The predicted molar refractivity (Wildman–Crippen MR) is 28.8 cm³/mol. The van der Waals surface area contributed by atoms with Crippen LogP contribution in [0.15, 0.2) is 0 Å². The van der Waals surface area contributed by atoms with Gasteiger partial charge in [0, 0.05) is 0 Å². The van der Waals surface area contributed by atoms with Crippen LogP contribution in [-0.4, -0.2) is 149 Å². The zero-order chi connectivity index (χ0) is 0. The molecule has 5 heavy (non-hydrogen) atoms. The quantitative estimate of drug-likeness (QED) is 0.451. The van der Waals surface area contributed by atoms with Gasteiger partial charge in [-0.05, 0) is 0 Å². The Bertz CT molecular complexity index is 4.85. The van der Waals surface area contributed by atoms with E-state index in [2.05, 4.69) is 0 Å². The molecule has 0 fully saturated rings. The van der Waals surface area contributed by atoms with Crippen molar-refractivity contribution >= 4 is 149 Å². The minimum absolute atomic E-state index is 0. The summed E-state index contributed by atoms with van der Waals surface area (Å²) in [6, 6.07) is 0. The third kappa shape index (κ3) is 17.6. The first-order valence-electron chi connectivity index (χ1n) is 0. The van der Waals surface area contributed by atoms with Crippen LogP contribution < -0.4 is 0 Å². The second-order valence-corrected chi connectivity index (χ2v) is 0. The maximum Gasteiger partial charge on any atom is 2.00 e. The Labute approximate surface area is 145 Å². The van der Waals surface area contributed by atoms with Crippen LogP contribution in [0.4, 0.5) is 0 Å². The van der Waals surface area contributed by atoms with Gasteiger partial charge < -0.3 is 35.9 Å². The molecule has 0 rings (SSSR count). The monoisotopic (exact) mass is 270 g/mol. The second-order valence-electron chi connectivity index (χ2n) is 0. The maximum absolute atomic E-state index is 0. The molecule has 0 aliphatic carbocycles. The molecule has 0 saturated carbocycles. The number of hydrogen-bond acceptors (Lipinski definition) is 0. The second kappa shape index (κ2) is 23.1. The smallest absolute Gasteiger partial charge is 2.00 e. The molecule has 0 nitrogen and oxygen atoms in total. The number of rotatable bonds is 0.